The summed E-state index contributed by atoms with van der Waals surface area (Å²) in [6.45, 7) is 1.77. The van der Waals surface area contributed by atoms with Gasteiger partial charge in [0.25, 0.3) is 0 Å². The average molecular weight is 158 g/mol. The summed E-state index contributed by atoms with van der Waals surface area (Å²) in [5.74, 6) is -0.540. The minimum Gasteiger partial charge on any atom is -0.365 e. The maximum atomic E-state index is 9.73. The average Bonchev–Trinajstić information content (AvgIpc) is 2.06. The van der Waals surface area contributed by atoms with Gasteiger partial charge >= 0.3 is 0 Å². The van der Waals surface area contributed by atoms with Gasteiger partial charge in [0.1, 0.15) is 0 Å². The Morgan fingerprint density at radius 1 is 1.27 bits per heavy atom. The number of ether oxygens (including phenoxy) is 1. The van der Waals surface area contributed by atoms with Crippen LogP contribution in [0.2, 0.25) is 0 Å². The van der Waals surface area contributed by atoms with E-state index in [4.69, 9.17) is 4.74 Å². The molecule has 0 heterocycles. The zero-order valence-electron chi connectivity index (χ0n) is 7.47. The Morgan fingerprint density at radius 3 is 2.27 bits per heavy atom. The molecule has 1 aliphatic rings. The monoisotopic (exact) mass is 158 g/mol. The summed E-state index contributed by atoms with van der Waals surface area (Å²) >= 11 is 0. The van der Waals surface area contributed by atoms with E-state index in [9.17, 15) is 5.11 Å². The van der Waals surface area contributed by atoms with E-state index in [-0.39, 0.29) is 0 Å². The molecule has 1 fully saturated rings. The standard InChI is InChI=1S/C9H18O2/c1-9(10,11-2)8-6-4-3-5-7-8/h8,10H,3-7H2,1-2H3. The van der Waals surface area contributed by atoms with Crippen LogP contribution in [0.4, 0.5) is 0 Å². The van der Waals surface area contributed by atoms with Gasteiger partial charge < -0.3 is 9.84 Å². The SMILES string of the molecule is COC(C)(O)C1CCCCC1. The summed E-state index contributed by atoms with van der Waals surface area (Å²) in [7, 11) is 1.58. The molecule has 66 valence electrons. The highest BCUT2D eigenvalue weighted by atomic mass is 16.6. The predicted octanol–water partition coefficient (Wildman–Crippen LogP) is 1.92. The van der Waals surface area contributed by atoms with Gasteiger partial charge in [-0.05, 0) is 19.8 Å². The fourth-order valence-corrected chi connectivity index (χ4v) is 1.80. The molecular formula is C9H18O2. The van der Waals surface area contributed by atoms with Gasteiger partial charge in [-0.2, -0.15) is 0 Å². The third-order valence-corrected chi connectivity index (χ3v) is 2.78. The van der Waals surface area contributed by atoms with E-state index in [1.807, 2.05) is 0 Å². The molecule has 1 unspecified atom stereocenters. The maximum absolute atomic E-state index is 9.73. The molecule has 1 saturated carbocycles. The van der Waals surface area contributed by atoms with Gasteiger partial charge in [-0.3, -0.25) is 0 Å². The zero-order chi connectivity index (χ0) is 8.32. The Balaban J connectivity index is 2.43. The van der Waals surface area contributed by atoms with E-state index < -0.39 is 5.79 Å². The molecule has 1 aliphatic carbocycles. The molecule has 0 aliphatic heterocycles. The summed E-state index contributed by atoms with van der Waals surface area (Å²) in [5, 5.41) is 9.73. The Kier molecular flexibility index (Phi) is 2.90. The Labute approximate surface area is 68.6 Å². The molecule has 0 saturated heterocycles. The number of hydrogen-bond acceptors (Lipinski definition) is 2. The molecule has 0 radical (unpaired) electrons. The van der Waals surface area contributed by atoms with Crippen molar-refractivity contribution in [3.05, 3.63) is 0 Å². The molecular weight excluding hydrogens is 140 g/mol. The molecule has 1 rings (SSSR count). The van der Waals surface area contributed by atoms with Crippen LogP contribution in [0.5, 0.6) is 0 Å². The summed E-state index contributed by atoms with van der Waals surface area (Å²) in [4.78, 5) is 0. The van der Waals surface area contributed by atoms with E-state index in [0.717, 1.165) is 12.8 Å². The lowest BCUT2D eigenvalue weighted by atomic mass is 9.84. The number of aliphatic hydroxyl groups is 1. The van der Waals surface area contributed by atoms with Crippen molar-refractivity contribution in [2.75, 3.05) is 7.11 Å². The second-order valence-electron chi connectivity index (χ2n) is 3.59. The minimum absolute atomic E-state index is 0.348. The lowest BCUT2D eigenvalue weighted by Crippen LogP contribution is -2.37. The van der Waals surface area contributed by atoms with Crippen molar-refractivity contribution in [3.8, 4) is 0 Å². The number of rotatable bonds is 2. The van der Waals surface area contributed by atoms with Gasteiger partial charge in [-0.25, -0.2) is 0 Å². The first-order valence-electron chi connectivity index (χ1n) is 4.44. The first-order chi connectivity index (χ1) is 5.17. The van der Waals surface area contributed by atoms with Crippen molar-refractivity contribution in [1.82, 2.24) is 0 Å². The van der Waals surface area contributed by atoms with Crippen molar-refractivity contribution < 1.29 is 9.84 Å². The van der Waals surface area contributed by atoms with Crippen molar-refractivity contribution in [2.24, 2.45) is 5.92 Å². The molecule has 0 aromatic carbocycles. The molecule has 11 heavy (non-hydrogen) atoms. The highest BCUT2D eigenvalue weighted by molar-refractivity contribution is 4.76. The molecule has 1 atom stereocenters. The van der Waals surface area contributed by atoms with Crippen molar-refractivity contribution in [1.29, 1.82) is 0 Å². The lowest BCUT2D eigenvalue weighted by molar-refractivity contribution is -0.213. The fraction of sp³-hybridized carbons (Fsp3) is 1.00. The smallest absolute Gasteiger partial charge is 0.165 e. The van der Waals surface area contributed by atoms with Gasteiger partial charge in [-0.15, -0.1) is 0 Å². The fourth-order valence-electron chi connectivity index (χ4n) is 1.80. The van der Waals surface area contributed by atoms with Crippen LogP contribution in [0.3, 0.4) is 0 Å². The van der Waals surface area contributed by atoms with Crippen LogP contribution in [0, 0.1) is 5.92 Å². The lowest BCUT2D eigenvalue weighted by Gasteiger charge is -2.33. The van der Waals surface area contributed by atoms with Gasteiger partial charge in [0, 0.05) is 13.0 Å². The molecule has 0 aromatic heterocycles. The minimum atomic E-state index is -0.888. The van der Waals surface area contributed by atoms with E-state index in [1.165, 1.54) is 19.3 Å². The molecule has 0 amide bonds. The second-order valence-corrected chi connectivity index (χ2v) is 3.59. The Hall–Kier alpha value is -0.0800. The first kappa shape index (κ1) is 9.01. The summed E-state index contributed by atoms with van der Waals surface area (Å²) in [6, 6.07) is 0. The summed E-state index contributed by atoms with van der Waals surface area (Å²) in [5.41, 5.74) is 0. The Morgan fingerprint density at radius 2 is 1.82 bits per heavy atom. The van der Waals surface area contributed by atoms with Crippen molar-refractivity contribution in [3.63, 3.8) is 0 Å². The molecule has 0 aromatic rings. The van der Waals surface area contributed by atoms with E-state index in [1.54, 1.807) is 14.0 Å². The zero-order valence-corrected chi connectivity index (χ0v) is 7.47. The first-order valence-corrected chi connectivity index (χ1v) is 4.44. The van der Waals surface area contributed by atoms with E-state index in [2.05, 4.69) is 0 Å². The van der Waals surface area contributed by atoms with Crippen LogP contribution in [0.1, 0.15) is 39.0 Å². The summed E-state index contributed by atoms with van der Waals surface area (Å²) < 4.78 is 5.03. The molecule has 2 nitrogen and oxygen atoms in total. The van der Waals surface area contributed by atoms with Crippen LogP contribution < -0.4 is 0 Å². The second kappa shape index (κ2) is 3.55. The summed E-state index contributed by atoms with van der Waals surface area (Å²) in [6.07, 6.45) is 6.02. The molecule has 0 spiro atoms. The van der Waals surface area contributed by atoms with E-state index in [0.29, 0.717) is 5.92 Å². The highest BCUT2D eigenvalue weighted by Gasteiger charge is 2.32. The maximum Gasteiger partial charge on any atom is 0.165 e. The molecule has 1 N–H and O–H groups in total. The van der Waals surface area contributed by atoms with Gasteiger partial charge in [0.2, 0.25) is 0 Å². The van der Waals surface area contributed by atoms with Gasteiger partial charge in [0.15, 0.2) is 5.79 Å². The van der Waals surface area contributed by atoms with Crippen molar-refractivity contribution >= 4 is 0 Å². The number of methoxy groups -OCH3 is 1. The largest absolute Gasteiger partial charge is 0.365 e. The third-order valence-electron chi connectivity index (χ3n) is 2.78. The topological polar surface area (TPSA) is 29.5 Å². The molecule has 0 bridgehead atoms. The van der Waals surface area contributed by atoms with Crippen LogP contribution >= 0.6 is 0 Å². The highest BCUT2D eigenvalue weighted by Crippen LogP contribution is 2.32. The van der Waals surface area contributed by atoms with Crippen LogP contribution in [0.25, 0.3) is 0 Å². The van der Waals surface area contributed by atoms with Crippen molar-refractivity contribution in [2.45, 2.75) is 44.8 Å². The van der Waals surface area contributed by atoms with Crippen LogP contribution in [0.15, 0.2) is 0 Å². The van der Waals surface area contributed by atoms with Crippen LogP contribution in [-0.2, 0) is 4.74 Å². The number of hydrogen-bond donors (Lipinski definition) is 1. The van der Waals surface area contributed by atoms with E-state index >= 15 is 0 Å². The quantitative estimate of drug-likeness (QED) is 0.622. The van der Waals surface area contributed by atoms with Gasteiger partial charge in [0.05, 0.1) is 0 Å². The molecule has 2 heteroatoms. The normalized spacial score (nSPS) is 26.5. The van der Waals surface area contributed by atoms with Crippen LogP contribution in [-0.4, -0.2) is 18.0 Å². The Bertz CT molecular complexity index is 115. The predicted molar refractivity (Wildman–Crippen MR) is 44.2 cm³/mol. The van der Waals surface area contributed by atoms with Gasteiger partial charge in [-0.1, -0.05) is 19.3 Å². The third kappa shape index (κ3) is 2.17.